The molecule has 0 fully saturated rings. The molecule has 0 aliphatic heterocycles. The number of likely N-dealkylation sites (N-methyl/N-ethyl adjacent to an activating group) is 1. The molecule has 0 aliphatic carbocycles. The highest BCUT2D eigenvalue weighted by Crippen LogP contribution is 2.24. The van der Waals surface area contributed by atoms with Crippen LogP contribution in [0.4, 0.5) is 20.2 Å². The predicted octanol–water partition coefficient (Wildman–Crippen LogP) is 3.65. The van der Waals surface area contributed by atoms with E-state index >= 15 is 0 Å². The number of nitrogens with zero attached hydrogens (tertiary/aromatic N) is 1. The maximum atomic E-state index is 13.5. The Hall–Kier alpha value is -2.14. The van der Waals surface area contributed by atoms with E-state index in [4.69, 9.17) is 4.74 Å². The molecule has 0 atom stereocenters. The molecule has 0 bridgehead atoms. The molecule has 0 heterocycles. The summed E-state index contributed by atoms with van der Waals surface area (Å²) in [6.07, 6.45) is 0. The minimum atomic E-state index is -0.624. The maximum Gasteiger partial charge on any atom is 0.149 e. The van der Waals surface area contributed by atoms with Crippen LogP contribution in [0.2, 0.25) is 0 Å². The van der Waals surface area contributed by atoms with E-state index in [1.165, 1.54) is 18.2 Å². The van der Waals surface area contributed by atoms with Crippen LogP contribution in [0, 0.1) is 11.6 Å². The Kier molecular flexibility index (Phi) is 5.11. The number of ether oxygens (including phenoxy) is 1. The standard InChI is InChI=1S/C16H18F2N2O/c1-20(2)10-11-21-13-8-6-12(7-9-13)19-16-14(17)4-3-5-15(16)18/h3-9,19H,10-11H2,1-2H3. The highest BCUT2D eigenvalue weighted by Gasteiger charge is 2.08. The van der Waals surface area contributed by atoms with E-state index in [0.29, 0.717) is 12.3 Å². The molecule has 0 spiro atoms. The van der Waals surface area contributed by atoms with Gasteiger partial charge < -0.3 is 15.0 Å². The average molecular weight is 292 g/mol. The molecule has 0 unspecified atom stereocenters. The van der Waals surface area contributed by atoms with Gasteiger partial charge in [-0.05, 0) is 50.5 Å². The molecular formula is C16H18F2N2O. The van der Waals surface area contributed by atoms with Gasteiger partial charge in [0.1, 0.15) is 29.7 Å². The number of rotatable bonds is 6. The zero-order valence-corrected chi connectivity index (χ0v) is 12.1. The number of hydrogen-bond acceptors (Lipinski definition) is 3. The number of halogens is 2. The lowest BCUT2D eigenvalue weighted by Crippen LogP contribution is -2.19. The fraction of sp³-hybridized carbons (Fsp3) is 0.250. The molecule has 1 N–H and O–H groups in total. The van der Waals surface area contributed by atoms with Crippen LogP contribution in [0.25, 0.3) is 0 Å². The van der Waals surface area contributed by atoms with Crippen molar-refractivity contribution in [3.05, 3.63) is 54.1 Å². The zero-order valence-electron chi connectivity index (χ0n) is 12.1. The number of para-hydroxylation sites is 1. The van der Waals surface area contributed by atoms with E-state index in [0.717, 1.165) is 12.3 Å². The fourth-order valence-corrected chi connectivity index (χ4v) is 1.74. The van der Waals surface area contributed by atoms with Gasteiger partial charge in [0.15, 0.2) is 0 Å². The molecule has 3 nitrogen and oxygen atoms in total. The van der Waals surface area contributed by atoms with Crippen LogP contribution in [-0.2, 0) is 0 Å². The fourth-order valence-electron chi connectivity index (χ4n) is 1.74. The van der Waals surface area contributed by atoms with Crippen molar-refractivity contribution < 1.29 is 13.5 Å². The summed E-state index contributed by atoms with van der Waals surface area (Å²) < 4.78 is 32.6. The lowest BCUT2D eigenvalue weighted by atomic mass is 10.2. The minimum absolute atomic E-state index is 0.154. The van der Waals surface area contributed by atoms with E-state index in [-0.39, 0.29) is 5.69 Å². The summed E-state index contributed by atoms with van der Waals surface area (Å²) in [5.74, 6) is -0.529. The molecular weight excluding hydrogens is 274 g/mol. The molecule has 0 aromatic heterocycles. The number of benzene rings is 2. The third kappa shape index (κ3) is 4.43. The average Bonchev–Trinajstić information content (AvgIpc) is 2.44. The summed E-state index contributed by atoms with van der Waals surface area (Å²) in [7, 11) is 3.94. The first-order valence-electron chi connectivity index (χ1n) is 6.65. The van der Waals surface area contributed by atoms with Crippen molar-refractivity contribution in [3.8, 4) is 5.75 Å². The van der Waals surface area contributed by atoms with Crippen molar-refractivity contribution in [2.45, 2.75) is 0 Å². The summed E-state index contributed by atoms with van der Waals surface area (Å²) >= 11 is 0. The van der Waals surface area contributed by atoms with Gasteiger partial charge >= 0.3 is 0 Å². The number of nitrogens with one attached hydrogen (secondary N) is 1. The van der Waals surface area contributed by atoms with Crippen molar-refractivity contribution in [2.24, 2.45) is 0 Å². The third-order valence-electron chi connectivity index (χ3n) is 2.89. The SMILES string of the molecule is CN(C)CCOc1ccc(Nc2c(F)cccc2F)cc1. The molecule has 2 aromatic rings. The Balaban J connectivity index is 1.99. The molecule has 0 amide bonds. The lowest BCUT2D eigenvalue weighted by molar-refractivity contribution is 0.261. The van der Waals surface area contributed by atoms with Crippen molar-refractivity contribution in [1.82, 2.24) is 4.90 Å². The molecule has 5 heteroatoms. The van der Waals surface area contributed by atoms with E-state index in [2.05, 4.69) is 5.32 Å². The van der Waals surface area contributed by atoms with Gasteiger partial charge in [0.2, 0.25) is 0 Å². The van der Waals surface area contributed by atoms with Crippen LogP contribution in [0.15, 0.2) is 42.5 Å². The monoisotopic (exact) mass is 292 g/mol. The van der Waals surface area contributed by atoms with Gasteiger partial charge in [-0.25, -0.2) is 8.78 Å². The second-order valence-corrected chi connectivity index (χ2v) is 4.90. The van der Waals surface area contributed by atoms with Crippen molar-refractivity contribution >= 4 is 11.4 Å². The van der Waals surface area contributed by atoms with Gasteiger partial charge in [0.05, 0.1) is 0 Å². The van der Waals surface area contributed by atoms with Crippen LogP contribution < -0.4 is 10.1 Å². The summed E-state index contributed by atoms with van der Waals surface area (Å²) in [6.45, 7) is 1.40. The van der Waals surface area contributed by atoms with Crippen LogP contribution in [-0.4, -0.2) is 32.1 Å². The Morgan fingerprint density at radius 2 is 1.62 bits per heavy atom. The second kappa shape index (κ2) is 7.04. The van der Waals surface area contributed by atoms with Crippen molar-refractivity contribution in [2.75, 3.05) is 32.6 Å². The Bertz CT molecular complexity index is 565. The van der Waals surface area contributed by atoms with Gasteiger partial charge in [-0.1, -0.05) is 6.07 Å². The summed E-state index contributed by atoms with van der Waals surface area (Å²) in [5.41, 5.74) is 0.442. The molecule has 0 aliphatic rings. The first-order valence-corrected chi connectivity index (χ1v) is 6.65. The predicted molar refractivity (Wildman–Crippen MR) is 80.1 cm³/mol. The minimum Gasteiger partial charge on any atom is -0.492 e. The van der Waals surface area contributed by atoms with Crippen LogP contribution >= 0.6 is 0 Å². The van der Waals surface area contributed by atoms with Crippen molar-refractivity contribution in [3.63, 3.8) is 0 Å². The normalized spacial score (nSPS) is 10.7. The van der Waals surface area contributed by atoms with Gasteiger partial charge in [0.25, 0.3) is 0 Å². The van der Waals surface area contributed by atoms with Crippen LogP contribution in [0.1, 0.15) is 0 Å². The van der Waals surface area contributed by atoms with Gasteiger partial charge in [-0.3, -0.25) is 0 Å². The third-order valence-corrected chi connectivity index (χ3v) is 2.89. The maximum absolute atomic E-state index is 13.5. The number of anilines is 2. The van der Waals surface area contributed by atoms with Gasteiger partial charge in [0, 0.05) is 12.2 Å². The van der Waals surface area contributed by atoms with E-state index in [9.17, 15) is 8.78 Å². The lowest BCUT2D eigenvalue weighted by Gasteiger charge is -2.12. The first kappa shape index (κ1) is 15.3. The van der Waals surface area contributed by atoms with Crippen LogP contribution in [0.5, 0.6) is 5.75 Å². The van der Waals surface area contributed by atoms with Crippen LogP contribution in [0.3, 0.4) is 0 Å². The molecule has 0 radical (unpaired) electrons. The molecule has 2 rings (SSSR count). The Morgan fingerprint density at radius 1 is 1.00 bits per heavy atom. The van der Waals surface area contributed by atoms with E-state index in [1.807, 2.05) is 19.0 Å². The topological polar surface area (TPSA) is 24.5 Å². The smallest absolute Gasteiger partial charge is 0.149 e. The zero-order chi connectivity index (χ0) is 15.2. The van der Waals surface area contributed by atoms with Crippen molar-refractivity contribution in [1.29, 1.82) is 0 Å². The first-order chi connectivity index (χ1) is 10.1. The van der Waals surface area contributed by atoms with Gasteiger partial charge in [-0.15, -0.1) is 0 Å². The highest BCUT2D eigenvalue weighted by atomic mass is 19.1. The van der Waals surface area contributed by atoms with Gasteiger partial charge in [-0.2, -0.15) is 0 Å². The largest absolute Gasteiger partial charge is 0.492 e. The van der Waals surface area contributed by atoms with E-state index in [1.54, 1.807) is 24.3 Å². The van der Waals surface area contributed by atoms with E-state index < -0.39 is 11.6 Å². The summed E-state index contributed by atoms with van der Waals surface area (Å²) in [4.78, 5) is 2.02. The highest BCUT2D eigenvalue weighted by molar-refractivity contribution is 5.61. The Labute approximate surface area is 123 Å². The Morgan fingerprint density at radius 3 is 2.19 bits per heavy atom. The molecule has 112 valence electrons. The molecule has 21 heavy (non-hydrogen) atoms. The number of hydrogen-bond donors (Lipinski definition) is 1. The quantitative estimate of drug-likeness (QED) is 0.879. The molecule has 0 saturated heterocycles. The molecule has 2 aromatic carbocycles. The second-order valence-electron chi connectivity index (χ2n) is 4.90. The summed E-state index contributed by atoms with van der Waals surface area (Å²) in [6, 6.07) is 10.7. The summed E-state index contributed by atoms with van der Waals surface area (Å²) in [5, 5.41) is 2.73. The molecule has 0 saturated carbocycles.